The van der Waals surface area contributed by atoms with Gasteiger partial charge in [0.15, 0.2) is 0 Å². The average Bonchev–Trinajstić information content (AvgIpc) is 3.28. The van der Waals surface area contributed by atoms with Crippen molar-refractivity contribution in [3.63, 3.8) is 0 Å². The molecule has 2 aromatic heterocycles. The molecule has 1 aliphatic rings. The molecule has 1 atom stereocenters. The Hall–Kier alpha value is -3.43. The standard InChI is InChI=1S/C24H27F3N6O/c1-15-13-16(2)31-23(30-15)28-11-10-21(34)33-12-4-3-5-20(33)22-19(14-29-32-22)17-6-8-18(9-7-17)24(25,26)27/h6-9,13-14,20H,3-5,10-12H2,1-2H3,(H,29,32)(H,28,30,31). The van der Waals surface area contributed by atoms with Crippen molar-refractivity contribution in [3.05, 3.63) is 59.2 Å². The maximum Gasteiger partial charge on any atom is 0.416 e. The molecule has 34 heavy (non-hydrogen) atoms. The number of aromatic amines is 1. The van der Waals surface area contributed by atoms with Gasteiger partial charge in [0, 0.05) is 36.5 Å². The smallest absolute Gasteiger partial charge is 0.354 e. The van der Waals surface area contributed by atoms with Gasteiger partial charge in [-0.25, -0.2) is 9.97 Å². The summed E-state index contributed by atoms with van der Waals surface area (Å²) in [6.07, 6.45) is 0.106. The Bertz CT molecular complexity index is 1120. The zero-order valence-corrected chi connectivity index (χ0v) is 19.1. The zero-order chi connectivity index (χ0) is 24.3. The predicted molar refractivity (Wildman–Crippen MR) is 122 cm³/mol. The summed E-state index contributed by atoms with van der Waals surface area (Å²) < 4.78 is 38.8. The molecule has 0 radical (unpaired) electrons. The van der Waals surface area contributed by atoms with E-state index >= 15 is 0 Å². The number of carbonyl (C=O) groups excluding carboxylic acids is 1. The van der Waals surface area contributed by atoms with Crippen LogP contribution in [0.1, 0.15) is 54.4 Å². The second kappa shape index (κ2) is 9.82. The van der Waals surface area contributed by atoms with Crippen LogP contribution in [0.25, 0.3) is 11.1 Å². The van der Waals surface area contributed by atoms with Crippen molar-refractivity contribution < 1.29 is 18.0 Å². The molecule has 0 aliphatic carbocycles. The van der Waals surface area contributed by atoms with Crippen LogP contribution in [0.3, 0.4) is 0 Å². The third-order valence-electron chi connectivity index (χ3n) is 5.95. The molecule has 10 heteroatoms. The first-order chi connectivity index (χ1) is 16.2. The van der Waals surface area contributed by atoms with E-state index in [1.165, 1.54) is 12.1 Å². The molecule has 7 nitrogen and oxygen atoms in total. The Kier molecular flexibility index (Phi) is 6.85. The maximum atomic E-state index is 13.1. The van der Waals surface area contributed by atoms with E-state index in [1.807, 2.05) is 24.8 Å². The lowest BCUT2D eigenvalue weighted by Crippen LogP contribution is -2.39. The molecule has 3 aromatic rings. The highest BCUT2D eigenvalue weighted by Gasteiger charge is 2.32. The third kappa shape index (κ3) is 5.37. The fourth-order valence-electron chi connectivity index (χ4n) is 4.38. The molecule has 1 aromatic carbocycles. The lowest BCUT2D eigenvalue weighted by molar-refractivity contribution is -0.137. The van der Waals surface area contributed by atoms with E-state index in [1.54, 1.807) is 6.20 Å². The second-order valence-corrected chi connectivity index (χ2v) is 8.52. The van der Waals surface area contributed by atoms with Gasteiger partial charge in [-0.3, -0.25) is 9.89 Å². The summed E-state index contributed by atoms with van der Waals surface area (Å²) in [5, 5.41) is 10.3. The van der Waals surface area contributed by atoms with Crippen LogP contribution in [0.15, 0.2) is 36.5 Å². The highest BCUT2D eigenvalue weighted by atomic mass is 19.4. The molecule has 0 saturated carbocycles. The lowest BCUT2D eigenvalue weighted by atomic mass is 9.94. The quantitative estimate of drug-likeness (QED) is 0.524. The lowest BCUT2D eigenvalue weighted by Gasteiger charge is -2.36. The van der Waals surface area contributed by atoms with Gasteiger partial charge in [0.2, 0.25) is 11.9 Å². The number of benzene rings is 1. The first-order valence-corrected chi connectivity index (χ1v) is 11.3. The summed E-state index contributed by atoms with van der Waals surface area (Å²) >= 11 is 0. The Morgan fingerprint density at radius 3 is 2.53 bits per heavy atom. The molecular weight excluding hydrogens is 445 g/mol. The number of aromatic nitrogens is 4. The van der Waals surface area contributed by atoms with E-state index in [4.69, 9.17) is 0 Å². The number of carbonyl (C=O) groups is 1. The van der Waals surface area contributed by atoms with Gasteiger partial charge in [0.25, 0.3) is 0 Å². The van der Waals surface area contributed by atoms with Gasteiger partial charge in [-0.15, -0.1) is 0 Å². The number of likely N-dealkylation sites (tertiary alicyclic amines) is 1. The van der Waals surface area contributed by atoms with Crippen LogP contribution >= 0.6 is 0 Å². The van der Waals surface area contributed by atoms with Crippen LogP contribution in [0, 0.1) is 13.8 Å². The number of alkyl halides is 3. The van der Waals surface area contributed by atoms with Crippen molar-refractivity contribution in [2.24, 2.45) is 0 Å². The number of piperidine rings is 1. The zero-order valence-electron chi connectivity index (χ0n) is 19.1. The molecule has 1 saturated heterocycles. The number of H-pyrrole nitrogens is 1. The van der Waals surface area contributed by atoms with Crippen molar-refractivity contribution in [2.45, 2.75) is 51.7 Å². The Morgan fingerprint density at radius 1 is 1.15 bits per heavy atom. The fraction of sp³-hybridized carbons (Fsp3) is 0.417. The van der Waals surface area contributed by atoms with Crippen molar-refractivity contribution in [2.75, 3.05) is 18.4 Å². The molecule has 1 unspecified atom stereocenters. The van der Waals surface area contributed by atoms with Gasteiger partial charge in [-0.1, -0.05) is 12.1 Å². The predicted octanol–water partition coefficient (Wildman–Crippen LogP) is 5.06. The molecule has 2 N–H and O–H groups in total. The summed E-state index contributed by atoms with van der Waals surface area (Å²) in [7, 11) is 0. The number of nitrogens with zero attached hydrogens (tertiary/aromatic N) is 4. The SMILES string of the molecule is Cc1cc(C)nc(NCCC(=O)N2CCCCC2c2[nH]ncc2-c2ccc(C(F)(F)F)cc2)n1. The van der Waals surface area contributed by atoms with E-state index in [0.29, 0.717) is 30.2 Å². The number of halogens is 3. The van der Waals surface area contributed by atoms with Gasteiger partial charge in [-0.2, -0.15) is 18.3 Å². The van der Waals surface area contributed by atoms with Crippen LogP contribution in [-0.2, 0) is 11.0 Å². The highest BCUT2D eigenvalue weighted by Crippen LogP contribution is 2.37. The van der Waals surface area contributed by atoms with Crippen molar-refractivity contribution in [3.8, 4) is 11.1 Å². The van der Waals surface area contributed by atoms with Crippen LogP contribution in [-0.4, -0.2) is 44.1 Å². The molecule has 0 bridgehead atoms. The van der Waals surface area contributed by atoms with Crippen molar-refractivity contribution in [1.82, 2.24) is 25.1 Å². The van der Waals surface area contributed by atoms with Crippen LogP contribution in [0.2, 0.25) is 0 Å². The number of amides is 1. The van der Waals surface area contributed by atoms with E-state index < -0.39 is 11.7 Å². The average molecular weight is 473 g/mol. The molecule has 4 rings (SSSR count). The summed E-state index contributed by atoms with van der Waals surface area (Å²) in [6, 6.07) is 6.69. The third-order valence-corrected chi connectivity index (χ3v) is 5.95. The van der Waals surface area contributed by atoms with Gasteiger partial charge < -0.3 is 10.2 Å². The number of rotatable bonds is 6. The van der Waals surface area contributed by atoms with E-state index in [-0.39, 0.29) is 18.4 Å². The highest BCUT2D eigenvalue weighted by molar-refractivity contribution is 5.78. The monoisotopic (exact) mass is 472 g/mol. The molecule has 1 amide bonds. The van der Waals surface area contributed by atoms with Gasteiger partial charge in [0.05, 0.1) is 23.5 Å². The molecule has 0 spiro atoms. The van der Waals surface area contributed by atoms with Crippen LogP contribution in [0.5, 0.6) is 0 Å². The van der Waals surface area contributed by atoms with Gasteiger partial charge in [-0.05, 0) is 56.9 Å². The minimum Gasteiger partial charge on any atom is -0.354 e. The molecule has 3 heterocycles. The number of hydrogen-bond donors (Lipinski definition) is 2. The molecule has 180 valence electrons. The molecular formula is C24H27F3N6O. The summed E-state index contributed by atoms with van der Waals surface area (Å²) in [4.78, 5) is 23.6. The van der Waals surface area contributed by atoms with Crippen LogP contribution in [0.4, 0.5) is 19.1 Å². The summed E-state index contributed by atoms with van der Waals surface area (Å²) in [5.41, 5.74) is 3.10. The minimum absolute atomic E-state index is 0.00505. The number of nitrogens with one attached hydrogen (secondary N) is 2. The van der Waals surface area contributed by atoms with Crippen LogP contribution < -0.4 is 5.32 Å². The minimum atomic E-state index is -4.39. The first-order valence-electron chi connectivity index (χ1n) is 11.3. The van der Waals surface area contributed by atoms with E-state index in [9.17, 15) is 18.0 Å². The van der Waals surface area contributed by atoms with Crippen molar-refractivity contribution >= 4 is 11.9 Å². The summed E-state index contributed by atoms with van der Waals surface area (Å²) in [5.74, 6) is 0.494. The van der Waals surface area contributed by atoms with Gasteiger partial charge >= 0.3 is 6.18 Å². The Balaban J connectivity index is 1.47. The first kappa shape index (κ1) is 23.7. The fourth-order valence-corrected chi connectivity index (χ4v) is 4.38. The topological polar surface area (TPSA) is 86.8 Å². The molecule has 1 aliphatic heterocycles. The van der Waals surface area contributed by atoms with Crippen molar-refractivity contribution in [1.29, 1.82) is 0 Å². The number of hydrogen-bond acceptors (Lipinski definition) is 5. The maximum absolute atomic E-state index is 13.1. The Morgan fingerprint density at radius 2 is 1.85 bits per heavy atom. The van der Waals surface area contributed by atoms with Gasteiger partial charge in [0.1, 0.15) is 0 Å². The normalized spacial score (nSPS) is 16.5. The number of aryl methyl sites for hydroxylation is 2. The number of anilines is 1. The molecule has 1 fully saturated rings. The van der Waals surface area contributed by atoms with E-state index in [2.05, 4.69) is 25.5 Å². The van der Waals surface area contributed by atoms with E-state index in [0.717, 1.165) is 48.5 Å². The second-order valence-electron chi connectivity index (χ2n) is 8.52. The summed E-state index contributed by atoms with van der Waals surface area (Å²) in [6.45, 7) is 4.80. The largest absolute Gasteiger partial charge is 0.416 e. The Labute approximate surface area is 195 Å².